The largest absolute Gasteiger partial charge is 0.469 e. The lowest BCUT2D eigenvalue weighted by molar-refractivity contribution is -0.141. The maximum absolute atomic E-state index is 12.4. The number of aromatic nitrogens is 2. The van der Waals surface area contributed by atoms with E-state index in [0.717, 1.165) is 17.0 Å². The molecule has 7 nitrogen and oxygen atoms in total. The van der Waals surface area contributed by atoms with Gasteiger partial charge in [0.1, 0.15) is 0 Å². The van der Waals surface area contributed by atoms with Gasteiger partial charge in [-0.25, -0.2) is 0 Å². The van der Waals surface area contributed by atoms with Crippen molar-refractivity contribution in [2.75, 3.05) is 33.9 Å². The molecule has 0 unspecified atom stereocenters. The van der Waals surface area contributed by atoms with E-state index in [1.54, 1.807) is 12.0 Å². The highest BCUT2D eigenvalue weighted by molar-refractivity contribution is 5.80. The van der Waals surface area contributed by atoms with E-state index in [9.17, 15) is 9.59 Å². The summed E-state index contributed by atoms with van der Waals surface area (Å²) in [5, 5.41) is 6.95. The monoisotopic (exact) mass is 297 g/mol. The molecule has 0 aliphatic carbocycles. The van der Waals surface area contributed by atoms with Crippen LogP contribution in [0.5, 0.6) is 0 Å². The first-order chi connectivity index (χ1) is 9.99. The number of aryl methyl sites for hydroxylation is 2. The lowest BCUT2D eigenvalue weighted by Crippen LogP contribution is -2.37. The maximum Gasteiger partial charge on any atom is 0.307 e. The van der Waals surface area contributed by atoms with Crippen LogP contribution < -0.4 is 0 Å². The summed E-state index contributed by atoms with van der Waals surface area (Å²) in [6.45, 7) is 4.94. The van der Waals surface area contributed by atoms with Crippen molar-refractivity contribution in [1.29, 1.82) is 0 Å². The number of aromatic amines is 1. The minimum absolute atomic E-state index is 0.0523. The standard InChI is InChI=1S/C14H23N3O4/c1-10-12(11(2)16-15-10)9-13(18)17(7-8-20-3)6-5-14(19)21-4/h5-9H2,1-4H3,(H,15,16). The Labute approximate surface area is 124 Å². The third-order valence-electron chi connectivity index (χ3n) is 3.34. The maximum atomic E-state index is 12.4. The highest BCUT2D eigenvalue weighted by Gasteiger charge is 2.18. The molecule has 1 aromatic heterocycles. The molecule has 0 saturated carbocycles. The number of esters is 1. The van der Waals surface area contributed by atoms with Crippen LogP contribution in [0.25, 0.3) is 0 Å². The third kappa shape index (κ3) is 5.18. The van der Waals surface area contributed by atoms with Crippen molar-refractivity contribution >= 4 is 11.9 Å². The van der Waals surface area contributed by atoms with Crippen molar-refractivity contribution in [3.63, 3.8) is 0 Å². The molecule has 1 N–H and O–H groups in total. The van der Waals surface area contributed by atoms with Crippen LogP contribution in [0.4, 0.5) is 0 Å². The molecule has 1 rings (SSSR count). The van der Waals surface area contributed by atoms with Crippen molar-refractivity contribution in [3.05, 3.63) is 17.0 Å². The fraction of sp³-hybridized carbons (Fsp3) is 0.643. The van der Waals surface area contributed by atoms with Gasteiger partial charge in [-0.2, -0.15) is 5.10 Å². The van der Waals surface area contributed by atoms with Crippen molar-refractivity contribution in [2.45, 2.75) is 26.7 Å². The second-order valence-corrected chi connectivity index (χ2v) is 4.79. The van der Waals surface area contributed by atoms with Gasteiger partial charge >= 0.3 is 5.97 Å². The Kier molecular flexibility index (Phi) is 6.87. The zero-order valence-electron chi connectivity index (χ0n) is 13.1. The molecule has 0 bridgehead atoms. The van der Waals surface area contributed by atoms with Gasteiger partial charge in [-0.3, -0.25) is 14.7 Å². The number of nitrogens with zero attached hydrogens (tertiary/aromatic N) is 2. The van der Waals surface area contributed by atoms with E-state index in [2.05, 4.69) is 14.9 Å². The molecule has 0 atom stereocenters. The molecule has 0 fully saturated rings. The zero-order chi connectivity index (χ0) is 15.8. The number of hydrogen-bond donors (Lipinski definition) is 1. The van der Waals surface area contributed by atoms with Gasteiger partial charge in [-0.1, -0.05) is 0 Å². The van der Waals surface area contributed by atoms with Crippen LogP contribution >= 0.6 is 0 Å². The molecule has 21 heavy (non-hydrogen) atoms. The number of H-pyrrole nitrogens is 1. The molecule has 1 amide bonds. The SMILES string of the molecule is COCCN(CCC(=O)OC)C(=O)Cc1c(C)n[nH]c1C. The van der Waals surface area contributed by atoms with Crippen LogP contribution in [0.2, 0.25) is 0 Å². The number of rotatable bonds is 8. The number of methoxy groups -OCH3 is 2. The average Bonchev–Trinajstić information content (AvgIpc) is 2.78. The quantitative estimate of drug-likeness (QED) is 0.711. The molecule has 7 heteroatoms. The summed E-state index contributed by atoms with van der Waals surface area (Å²) in [7, 11) is 2.91. The van der Waals surface area contributed by atoms with Gasteiger partial charge in [-0.05, 0) is 13.8 Å². The predicted octanol–water partition coefficient (Wildman–Crippen LogP) is 0.607. The van der Waals surface area contributed by atoms with Gasteiger partial charge < -0.3 is 14.4 Å². The van der Waals surface area contributed by atoms with Crippen LogP contribution in [-0.4, -0.2) is 60.9 Å². The first kappa shape index (κ1) is 17.2. The van der Waals surface area contributed by atoms with Crippen LogP contribution in [0.1, 0.15) is 23.4 Å². The number of ether oxygens (including phenoxy) is 2. The lowest BCUT2D eigenvalue weighted by atomic mass is 10.1. The topological polar surface area (TPSA) is 84.5 Å². The minimum atomic E-state index is -0.333. The number of nitrogens with one attached hydrogen (secondary N) is 1. The molecule has 1 heterocycles. The number of amides is 1. The molecular weight excluding hydrogens is 274 g/mol. The Morgan fingerprint density at radius 1 is 1.24 bits per heavy atom. The summed E-state index contributed by atoms with van der Waals surface area (Å²) < 4.78 is 9.62. The summed E-state index contributed by atoms with van der Waals surface area (Å²) in [4.78, 5) is 25.2. The average molecular weight is 297 g/mol. The van der Waals surface area contributed by atoms with Crippen molar-refractivity contribution in [3.8, 4) is 0 Å². The first-order valence-electron chi connectivity index (χ1n) is 6.83. The van der Waals surface area contributed by atoms with E-state index < -0.39 is 0 Å². The summed E-state index contributed by atoms with van der Waals surface area (Å²) >= 11 is 0. The van der Waals surface area contributed by atoms with Gasteiger partial charge in [0.15, 0.2) is 0 Å². The van der Waals surface area contributed by atoms with Crippen LogP contribution in [-0.2, 0) is 25.5 Å². The van der Waals surface area contributed by atoms with Gasteiger partial charge in [0, 0.05) is 31.5 Å². The Morgan fingerprint density at radius 3 is 2.48 bits per heavy atom. The summed E-state index contributed by atoms with van der Waals surface area (Å²) in [5.74, 6) is -0.385. The fourth-order valence-corrected chi connectivity index (χ4v) is 1.99. The second-order valence-electron chi connectivity index (χ2n) is 4.79. The minimum Gasteiger partial charge on any atom is -0.469 e. The van der Waals surface area contributed by atoms with Gasteiger partial charge in [-0.15, -0.1) is 0 Å². The van der Waals surface area contributed by atoms with E-state index in [1.165, 1.54) is 7.11 Å². The highest BCUT2D eigenvalue weighted by atomic mass is 16.5. The van der Waals surface area contributed by atoms with E-state index in [0.29, 0.717) is 19.7 Å². The van der Waals surface area contributed by atoms with Crippen LogP contribution in [0.3, 0.4) is 0 Å². The fourth-order valence-electron chi connectivity index (χ4n) is 1.99. The molecule has 0 aromatic carbocycles. The third-order valence-corrected chi connectivity index (χ3v) is 3.34. The van der Waals surface area contributed by atoms with Crippen LogP contribution in [0.15, 0.2) is 0 Å². The van der Waals surface area contributed by atoms with Gasteiger partial charge in [0.25, 0.3) is 0 Å². The van der Waals surface area contributed by atoms with Gasteiger partial charge in [0.2, 0.25) is 5.91 Å². The molecule has 0 radical (unpaired) electrons. The highest BCUT2D eigenvalue weighted by Crippen LogP contribution is 2.11. The summed E-state index contributed by atoms with van der Waals surface area (Å²) in [5.41, 5.74) is 2.61. The van der Waals surface area contributed by atoms with Crippen LogP contribution in [0, 0.1) is 13.8 Å². The molecular formula is C14H23N3O4. The van der Waals surface area contributed by atoms with Crippen molar-refractivity contribution in [1.82, 2.24) is 15.1 Å². The first-order valence-corrected chi connectivity index (χ1v) is 6.83. The van der Waals surface area contributed by atoms with E-state index in [1.807, 2.05) is 13.8 Å². The van der Waals surface area contributed by atoms with Crippen molar-refractivity contribution in [2.24, 2.45) is 0 Å². The predicted molar refractivity (Wildman–Crippen MR) is 76.9 cm³/mol. The Morgan fingerprint density at radius 2 is 1.95 bits per heavy atom. The summed E-state index contributed by atoms with van der Waals surface area (Å²) in [6.07, 6.45) is 0.439. The van der Waals surface area contributed by atoms with E-state index >= 15 is 0 Å². The molecule has 118 valence electrons. The van der Waals surface area contributed by atoms with Gasteiger partial charge in [0.05, 0.1) is 32.3 Å². The molecule has 1 aromatic rings. The van der Waals surface area contributed by atoms with E-state index in [-0.39, 0.29) is 24.7 Å². The normalized spacial score (nSPS) is 10.5. The second kappa shape index (κ2) is 8.41. The number of hydrogen-bond acceptors (Lipinski definition) is 5. The number of carbonyl (C=O) groups excluding carboxylic acids is 2. The summed E-state index contributed by atoms with van der Waals surface area (Å²) in [6, 6.07) is 0. The number of carbonyl (C=O) groups is 2. The molecule has 0 saturated heterocycles. The van der Waals surface area contributed by atoms with E-state index in [4.69, 9.17) is 4.74 Å². The Bertz CT molecular complexity index is 465. The lowest BCUT2D eigenvalue weighted by Gasteiger charge is -2.22. The Hall–Kier alpha value is -1.89. The molecule has 0 spiro atoms. The smallest absolute Gasteiger partial charge is 0.307 e. The molecule has 0 aliphatic rings. The van der Waals surface area contributed by atoms with Crippen molar-refractivity contribution < 1.29 is 19.1 Å². The zero-order valence-corrected chi connectivity index (χ0v) is 13.1. The molecule has 0 aliphatic heterocycles. The Balaban J connectivity index is 2.68.